The Morgan fingerprint density at radius 3 is 2.59 bits per heavy atom. The molecule has 2 aliphatic heterocycles. The topological polar surface area (TPSA) is 43.8 Å². The molecule has 0 bridgehead atoms. The van der Waals surface area contributed by atoms with Crippen LogP contribution in [0.4, 0.5) is 5.82 Å². The smallest absolute Gasteiger partial charge is 0.130 e. The zero-order valence-electron chi connectivity index (χ0n) is 19.0. The number of allylic oxidation sites excluding steroid dienone is 4. The maximum atomic E-state index is 4.57. The average molecular weight is 426 g/mol. The lowest BCUT2D eigenvalue weighted by Gasteiger charge is -2.34. The molecule has 0 saturated carbocycles. The molecule has 32 heavy (non-hydrogen) atoms. The summed E-state index contributed by atoms with van der Waals surface area (Å²) in [6.07, 6.45) is 12.8. The summed E-state index contributed by atoms with van der Waals surface area (Å²) in [6.45, 7) is 14.7. The van der Waals surface area contributed by atoms with E-state index in [9.17, 15) is 0 Å². The van der Waals surface area contributed by atoms with Gasteiger partial charge in [-0.3, -0.25) is 4.99 Å². The molecular formula is C27H31N5. The van der Waals surface area contributed by atoms with Gasteiger partial charge in [-0.2, -0.15) is 0 Å². The highest BCUT2D eigenvalue weighted by Gasteiger charge is 2.13. The molecule has 5 nitrogen and oxygen atoms in total. The number of hydrogen-bond donors (Lipinski definition) is 1. The number of nitrogens with zero attached hydrogens (tertiary/aromatic N) is 4. The summed E-state index contributed by atoms with van der Waals surface area (Å²) in [6, 6.07) is 8.51. The van der Waals surface area contributed by atoms with Gasteiger partial charge in [0.05, 0.1) is 0 Å². The van der Waals surface area contributed by atoms with Gasteiger partial charge in [-0.25, -0.2) is 4.98 Å². The van der Waals surface area contributed by atoms with E-state index in [0.29, 0.717) is 0 Å². The summed E-state index contributed by atoms with van der Waals surface area (Å²) in [5.41, 5.74) is 5.30. The summed E-state index contributed by atoms with van der Waals surface area (Å²) in [7, 11) is 2.16. The molecule has 0 amide bonds. The first kappa shape index (κ1) is 21.8. The molecule has 2 aromatic rings. The summed E-state index contributed by atoms with van der Waals surface area (Å²) < 4.78 is 0. The molecule has 0 aliphatic carbocycles. The van der Waals surface area contributed by atoms with Gasteiger partial charge in [-0.1, -0.05) is 37.4 Å². The molecule has 1 fully saturated rings. The number of benzene rings is 1. The molecule has 2 aliphatic rings. The van der Waals surface area contributed by atoms with Gasteiger partial charge in [-0.05, 0) is 54.3 Å². The number of pyridine rings is 1. The molecule has 164 valence electrons. The third-order valence-electron chi connectivity index (χ3n) is 6.04. The van der Waals surface area contributed by atoms with Crippen LogP contribution in [0.1, 0.15) is 18.9 Å². The Morgan fingerprint density at radius 2 is 1.88 bits per heavy atom. The first-order chi connectivity index (χ1) is 15.5. The zero-order valence-corrected chi connectivity index (χ0v) is 19.0. The lowest BCUT2D eigenvalue weighted by atomic mass is 10.0. The predicted molar refractivity (Wildman–Crippen MR) is 137 cm³/mol. The van der Waals surface area contributed by atoms with Crippen molar-refractivity contribution in [2.45, 2.75) is 13.3 Å². The van der Waals surface area contributed by atoms with E-state index in [4.69, 9.17) is 0 Å². The van der Waals surface area contributed by atoms with Crippen LogP contribution in [0.2, 0.25) is 0 Å². The molecule has 1 aromatic heterocycles. The number of fused-ring (bicyclic) bond motifs is 1. The van der Waals surface area contributed by atoms with Crippen LogP contribution in [0, 0.1) is 0 Å². The number of anilines is 1. The highest BCUT2D eigenvalue weighted by molar-refractivity contribution is 5.91. The van der Waals surface area contributed by atoms with Crippen LogP contribution in [0.25, 0.3) is 16.3 Å². The van der Waals surface area contributed by atoms with Crippen LogP contribution in [0.15, 0.2) is 90.0 Å². The Hall–Kier alpha value is -3.44. The van der Waals surface area contributed by atoms with Crippen LogP contribution in [-0.4, -0.2) is 54.2 Å². The monoisotopic (exact) mass is 425 g/mol. The van der Waals surface area contributed by atoms with E-state index in [1.807, 2.05) is 25.5 Å². The first-order valence-electron chi connectivity index (χ1n) is 11.1. The molecular weight excluding hydrogens is 394 g/mol. The molecule has 0 atom stereocenters. The highest BCUT2D eigenvalue weighted by Crippen LogP contribution is 2.26. The maximum absolute atomic E-state index is 4.57. The van der Waals surface area contributed by atoms with Gasteiger partial charge in [-0.15, -0.1) is 0 Å². The van der Waals surface area contributed by atoms with Crippen LogP contribution in [0.3, 0.4) is 0 Å². The SMILES string of the molecule is C=C(Nc1cc2cc(C3=CN=CC3)ccc2cn1)C(/C=C\C(=C)N1CCN(C)CC1)=C/C. The van der Waals surface area contributed by atoms with Crippen molar-refractivity contribution in [3.8, 4) is 0 Å². The van der Waals surface area contributed by atoms with E-state index in [-0.39, 0.29) is 0 Å². The van der Waals surface area contributed by atoms with Crippen LogP contribution in [0.5, 0.6) is 0 Å². The Bertz CT molecular complexity index is 1140. The van der Waals surface area contributed by atoms with Crippen molar-refractivity contribution in [3.05, 3.63) is 90.6 Å². The van der Waals surface area contributed by atoms with Crippen molar-refractivity contribution in [2.75, 3.05) is 38.5 Å². The van der Waals surface area contributed by atoms with E-state index >= 15 is 0 Å². The van der Waals surface area contributed by atoms with Gasteiger partial charge in [0, 0.05) is 68.0 Å². The summed E-state index contributed by atoms with van der Waals surface area (Å²) >= 11 is 0. The Balaban J connectivity index is 1.43. The quantitative estimate of drug-likeness (QED) is 0.616. The fourth-order valence-electron chi connectivity index (χ4n) is 3.93. The second-order valence-corrected chi connectivity index (χ2v) is 8.28. The van der Waals surface area contributed by atoms with E-state index in [2.05, 4.69) is 87.8 Å². The molecule has 1 aromatic carbocycles. The standard InChI is InChI=1S/C27H31N5/c1-5-22(7-6-20(2)32-14-12-31(4)13-15-32)21(3)30-27-17-26-16-23(25-10-11-28-18-25)8-9-24(26)19-29-27/h5-9,11,16-19H,2-3,10,12-15H2,1,4H3,(H,29,30)/b7-6-,22-5+. The molecule has 1 N–H and O–H groups in total. The average Bonchev–Trinajstić information content (AvgIpc) is 3.34. The summed E-state index contributed by atoms with van der Waals surface area (Å²) in [4.78, 5) is 13.5. The molecule has 3 heterocycles. The predicted octanol–water partition coefficient (Wildman–Crippen LogP) is 5.24. The number of piperazine rings is 1. The van der Waals surface area contributed by atoms with E-state index in [0.717, 1.165) is 66.2 Å². The van der Waals surface area contributed by atoms with E-state index < -0.39 is 0 Å². The van der Waals surface area contributed by atoms with Crippen molar-refractivity contribution in [1.82, 2.24) is 14.8 Å². The number of rotatable bonds is 7. The Labute approximate surface area is 190 Å². The van der Waals surface area contributed by atoms with Gasteiger partial charge in [0.25, 0.3) is 0 Å². The number of hydrogen-bond acceptors (Lipinski definition) is 5. The Morgan fingerprint density at radius 1 is 1.06 bits per heavy atom. The lowest BCUT2D eigenvalue weighted by molar-refractivity contribution is 0.190. The zero-order chi connectivity index (χ0) is 22.5. The number of likely N-dealkylation sites (N-methyl/N-ethyl adjacent to an activating group) is 1. The summed E-state index contributed by atoms with van der Waals surface area (Å²) in [5.74, 6) is 0.780. The van der Waals surface area contributed by atoms with Gasteiger partial charge in [0.2, 0.25) is 0 Å². The molecule has 0 spiro atoms. The number of nitrogens with one attached hydrogen (secondary N) is 1. The minimum absolute atomic E-state index is 0.780. The first-order valence-corrected chi connectivity index (χ1v) is 11.1. The highest BCUT2D eigenvalue weighted by atomic mass is 15.2. The van der Waals surface area contributed by atoms with Gasteiger partial charge in [0.15, 0.2) is 0 Å². The fraction of sp³-hybridized carbons (Fsp3) is 0.259. The normalized spacial score (nSPS) is 17.2. The minimum atomic E-state index is 0.780. The maximum Gasteiger partial charge on any atom is 0.130 e. The molecule has 0 unspecified atom stereocenters. The fourth-order valence-corrected chi connectivity index (χ4v) is 3.93. The van der Waals surface area contributed by atoms with E-state index in [1.165, 1.54) is 11.1 Å². The van der Waals surface area contributed by atoms with Crippen molar-refractivity contribution >= 4 is 28.4 Å². The van der Waals surface area contributed by atoms with Crippen LogP contribution < -0.4 is 5.32 Å². The molecule has 5 heteroatoms. The van der Waals surface area contributed by atoms with Crippen LogP contribution >= 0.6 is 0 Å². The largest absolute Gasteiger partial charge is 0.369 e. The van der Waals surface area contributed by atoms with E-state index in [1.54, 1.807) is 0 Å². The second kappa shape index (κ2) is 9.79. The second-order valence-electron chi connectivity index (χ2n) is 8.28. The minimum Gasteiger partial charge on any atom is -0.369 e. The lowest BCUT2D eigenvalue weighted by Crippen LogP contribution is -2.43. The third-order valence-corrected chi connectivity index (χ3v) is 6.04. The number of aliphatic imine (C=N–C) groups is 1. The molecule has 1 saturated heterocycles. The van der Waals surface area contributed by atoms with Crippen LogP contribution in [-0.2, 0) is 0 Å². The van der Waals surface area contributed by atoms with Gasteiger partial charge >= 0.3 is 0 Å². The van der Waals surface area contributed by atoms with Crippen molar-refractivity contribution in [3.63, 3.8) is 0 Å². The van der Waals surface area contributed by atoms with Gasteiger partial charge in [0.1, 0.15) is 5.82 Å². The van der Waals surface area contributed by atoms with Crippen molar-refractivity contribution in [2.24, 2.45) is 4.99 Å². The van der Waals surface area contributed by atoms with Gasteiger partial charge < -0.3 is 15.1 Å². The van der Waals surface area contributed by atoms with Crippen molar-refractivity contribution < 1.29 is 0 Å². The molecule has 0 radical (unpaired) electrons. The van der Waals surface area contributed by atoms with Crippen molar-refractivity contribution in [1.29, 1.82) is 0 Å². The Kier molecular flexibility index (Phi) is 6.66. The molecule has 4 rings (SSSR count). The summed E-state index contributed by atoms with van der Waals surface area (Å²) in [5, 5.41) is 5.62. The third kappa shape index (κ3) is 5.06. The number of aromatic nitrogens is 1.